The van der Waals surface area contributed by atoms with Crippen LogP contribution in [0, 0.1) is 5.92 Å². The lowest BCUT2D eigenvalue weighted by atomic mass is 9.94. The SMILES string of the molecule is CC(C)(C)OC(=O)N1CCC[C@H](CCCCl)C1. The van der Waals surface area contributed by atoms with Crippen molar-refractivity contribution in [3.8, 4) is 0 Å². The fourth-order valence-electron chi connectivity index (χ4n) is 2.16. The lowest BCUT2D eigenvalue weighted by Gasteiger charge is -2.34. The van der Waals surface area contributed by atoms with Crippen LogP contribution in [0.25, 0.3) is 0 Å². The van der Waals surface area contributed by atoms with Gasteiger partial charge in [0.1, 0.15) is 5.60 Å². The summed E-state index contributed by atoms with van der Waals surface area (Å²) in [5, 5.41) is 0. The minimum absolute atomic E-state index is 0.173. The molecule has 1 rings (SSSR count). The standard InChI is InChI=1S/C13H24ClNO2/c1-13(2,3)17-12(16)15-9-5-7-11(10-15)6-4-8-14/h11H,4-10H2,1-3H3/t11-/m0/s1. The Hall–Kier alpha value is -0.440. The second-order valence-corrected chi connectivity index (χ2v) is 6.14. The van der Waals surface area contributed by atoms with Gasteiger partial charge < -0.3 is 9.64 Å². The van der Waals surface area contributed by atoms with Crippen LogP contribution < -0.4 is 0 Å². The Morgan fingerprint density at radius 1 is 1.47 bits per heavy atom. The second-order valence-electron chi connectivity index (χ2n) is 5.77. The highest BCUT2D eigenvalue weighted by atomic mass is 35.5. The first kappa shape index (κ1) is 14.6. The summed E-state index contributed by atoms with van der Waals surface area (Å²) in [6.07, 6.45) is 4.26. The van der Waals surface area contributed by atoms with E-state index in [0.29, 0.717) is 11.8 Å². The molecule has 3 nitrogen and oxygen atoms in total. The summed E-state index contributed by atoms with van der Waals surface area (Å²) in [5.74, 6) is 1.30. The number of carbonyl (C=O) groups is 1. The molecular weight excluding hydrogens is 238 g/mol. The van der Waals surface area contributed by atoms with E-state index in [9.17, 15) is 4.79 Å². The van der Waals surface area contributed by atoms with Crippen molar-refractivity contribution in [2.45, 2.75) is 52.1 Å². The van der Waals surface area contributed by atoms with Gasteiger partial charge in [0.2, 0.25) is 0 Å². The van der Waals surface area contributed by atoms with Gasteiger partial charge in [0.05, 0.1) is 0 Å². The Morgan fingerprint density at radius 2 is 2.18 bits per heavy atom. The van der Waals surface area contributed by atoms with E-state index in [-0.39, 0.29) is 6.09 Å². The third-order valence-corrected chi connectivity index (χ3v) is 3.18. The quantitative estimate of drug-likeness (QED) is 0.726. The smallest absolute Gasteiger partial charge is 0.410 e. The Labute approximate surface area is 109 Å². The van der Waals surface area contributed by atoms with Crippen molar-refractivity contribution in [2.75, 3.05) is 19.0 Å². The van der Waals surface area contributed by atoms with Crippen molar-refractivity contribution in [1.82, 2.24) is 4.90 Å². The van der Waals surface area contributed by atoms with Crippen LogP contribution in [0.2, 0.25) is 0 Å². The number of carbonyl (C=O) groups excluding carboxylic acids is 1. The molecule has 0 bridgehead atoms. The van der Waals surface area contributed by atoms with E-state index in [1.807, 2.05) is 25.7 Å². The monoisotopic (exact) mass is 261 g/mol. The topological polar surface area (TPSA) is 29.5 Å². The number of likely N-dealkylation sites (tertiary alicyclic amines) is 1. The Morgan fingerprint density at radius 3 is 2.76 bits per heavy atom. The van der Waals surface area contributed by atoms with E-state index >= 15 is 0 Å². The highest BCUT2D eigenvalue weighted by Gasteiger charge is 2.27. The molecule has 0 aliphatic carbocycles. The number of nitrogens with zero attached hydrogens (tertiary/aromatic N) is 1. The van der Waals surface area contributed by atoms with Crippen LogP contribution in [0.4, 0.5) is 4.79 Å². The van der Waals surface area contributed by atoms with Gasteiger partial charge in [-0.05, 0) is 52.4 Å². The van der Waals surface area contributed by atoms with E-state index in [1.165, 1.54) is 6.42 Å². The van der Waals surface area contributed by atoms with Crippen LogP contribution in [0.1, 0.15) is 46.5 Å². The summed E-state index contributed by atoms with van der Waals surface area (Å²) in [4.78, 5) is 13.8. The van der Waals surface area contributed by atoms with Crippen molar-refractivity contribution < 1.29 is 9.53 Å². The molecule has 0 aromatic carbocycles. The maximum absolute atomic E-state index is 11.9. The van der Waals surface area contributed by atoms with Crippen LogP contribution in [0.3, 0.4) is 0 Å². The first-order valence-corrected chi connectivity index (χ1v) is 6.99. The summed E-state index contributed by atoms with van der Waals surface area (Å²) in [6.45, 7) is 7.36. The number of halogens is 1. The van der Waals surface area contributed by atoms with Gasteiger partial charge in [-0.2, -0.15) is 0 Å². The van der Waals surface area contributed by atoms with Crippen LogP contribution in [0.5, 0.6) is 0 Å². The van der Waals surface area contributed by atoms with Gasteiger partial charge in [0, 0.05) is 19.0 Å². The summed E-state index contributed by atoms with van der Waals surface area (Å²) in [5.41, 5.74) is -0.403. The molecule has 1 atom stereocenters. The first-order valence-electron chi connectivity index (χ1n) is 6.46. The molecule has 1 aliphatic heterocycles. The second kappa shape index (κ2) is 6.48. The highest BCUT2D eigenvalue weighted by Crippen LogP contribution is 2.22. The predicted octanol–water partition coefficient (Wildman–Crippen LogP) is 3.65. The van der Waals surface area contributed by atoms with Gasteiger partial charge in [-0.25, -0.2) is 4.79 Å². The molecule has 4 heteroatoms. The lowest BCUT2D eigenvalue weighted by Crippen LogP contribution is -2.42. The average Bonchev–Trinajstić information content (AvgIpc) is 2.24. The Balaban J connectivity index is 2.40. The molecule has 1 saturated heterocycles. The summed E-state index contributed by atoms with van der Waals surface area (Å²) < 4.78 is 5.39. The average molecular weight is 262 g/mol. The van der Waals surface area contributed by atoms with Crippen LogP contribution >= 0.6 is 11.6 Å². The van der Waals surface area contributed by atoms with Gasteiger partial charge >= 0.3 is 6.09 Å². The third-order valence-electron chi connectivity index (χ3n) is 2.92. The zero-order valence-electron chi connectivity index (χ0n) is 11.2. The number of ether oxygens (including phenoxy) is 1. The molecule has 1 heterocycles. The van der Waals surface area contributed by atoms with Crippen molar-refractivity contribution >= 4 is 17.7 Å². The van der Waals surface area contributed by atoms with Crippen LogP contribution in [-0.4, -0.2) is 35.6 Å². The maximum Gasteiger partial charge on any atom is 0.410 e. The molecule has 0 aromatic heterocycles. The molecule has 1 fully saturated rings. The normalized spacial score (nSPS) is 21.4. The van der Waals surface area contributed by atoms with Crippen molar-refractivity contribution in [1.29, 1.82) is 0 Å². The summed E-state index contributed by atoms with van der Waals surface area (Å²) in [6, 6.07) is 0. The van der Waals surface area contributed by atoms with Gasteiger partial charge in [-0.15, -0.1) is 11.6 Å². The van der Waals surface area contributed by atoms with E-state index in [1.54, 1.807) is 0 Å². The predicted molar refractivity (Wildman–Crippen MR) is 70.5 cm³/mol. The molecule has 17 heavy (non-hydrogen) atoms. The third kappa shape index (κ3) is 5.62. The van der Waals surface area contributed by atoms with E-state index in [0.717, 1.165) is 32.4 Å². The molecule has 100 valence electrons. The largest absolute Gasteiger partial charge is 0.444 e. The molecule has 0 unspecified atom stereocenters. The molecule has 1 aliphatic rings. The Kier molecular flexibility index (Phi) is 5.57. The number of piperidine rings is 1. The zero-order chi connectivity index (χ0) is 12.9. The van der Waals surface area contributed by atoms with Gasteiger partial charge in [0.25, 0.3) is 0 Å². The molecule has 0 radical (unpaired) electrons. The van der Waals surface area contributed by atoms with Crippen LogP contribution in [0.15, 0.2) is 0 Å². The summed E-state index contributed by atoms with van der Waals surface area (Å²) in [7, 11) is 0. The number of hydrogen-bond acceptors (Lipinski definition) is 2. The number of alkyl halides is 1. The fourth-order valence-corrected chi connectivity index (χ4v) is 2.31. The molecular formula is C13H24ClNO2. The maximum atomic E-state index is 11.9. The fraction of sp³-hybridized carbons (Fsp3) is 0.923. The minimum Gasteiger partial charge on any atom is -0.444 e. The number of rotatable bonds is 3. The van der Waals surface area contributed by atoms with E-state index < -0.39 is 5.60 Å². The number of amides is 1. The lowest BCUT2D eigenvalue weighted by molar-refractivity contribution is 0.0161. The van der Waals surface area contributed by atoms with Crippen molar-refractivity contribution in [3.63, 3.8) is 0 Å². The highest BCUT2D eigenvalue weighted by molar-refractivity contribution is 6.17. The van der Waals surface area contributed by atoms with Gasteiger partial charge in [0.15, 0.2) is 0 Å². The molecule has 0 aromatic rings. The molecule has 0 saturated carbocycles. The van der Waals surface area contributed by atoms with Gasteiger partial charge in [-0.3, -0.25) is 0 Å². The van der Waals surface area contributed by atoms with Crippen LogP contribution in [-0.2, 0) is 4.74 Å². The van der Waals surface area contributed by atoms with Crippen molar-refractivity contribution in [3.05, 3.63) is 0 Å². The Bertz CT molecular complexity index is 250. The van der Waals surface area contributed by atoms with Crippen molar-refractivity contribution in [2.24, 2.45) is 5.92 Å². The first-order chi connectivity index (χ1) is 7.92. The summed E-state index contributed by atoms with van der Waals surface area (Å²) >= 11 is 5.70. The minimum atomic E-state index is -0.403. The van der Waals surface area contributed by atoms with E-state index in [2.05, 4.69) is 0 Å². The molecule has 0 N–H and O–H groups in total. The van der Waals surface area contributed by atoms with E-state index in [4.69, 9.17) is 16.3 Å². The zero-order valence-corrected chi connectivity index (χ0v) is 11.9. The molecule has 0 spiro atoms. The number of hydrogen-bond donors (Lipinski definition) is 0. The van der Waals surface area contributed by atoms with Gasteiger partial charge in [-0.1, -0.05) is 0 Å². The molecule has 1 amide bonds.